The summed E-state index contributed by atoms with van der Waals surface area (Å²) in [7, 11) is 0. The number of pyridine rings is 1. The molecule has 28 heavy (non-hydrogen) atoms. The molecule has 0 aliphatic carbocycles. The van der Waals surface area contributed by atoms with Gasteiger partial charge in [-0.25, -0.2) is 9.97 Å². The van der Waals surface area contributed by atoms with E-state index >= 15 is 0 Å². The third kappa shape index (κ3) is 3.11. The van der Waals surface area contributed by atoms with E-state index in [1.807, 2.05) is 0 Å². The number of aromatic nitrogens is 3. The topological polar surface area (TPSA) is 55.7 Å². The average Bonchev–Trinajstić information content (AvgIpc) is 2.72. The number of rotatable bonds is 3. The van der Waals surface area contributed by atoms with Gasteiger partial charge in [-0.1, -0.05) is 42.5 Å². The van der Waals surface area contributed by atoms with Crippen LogP contribution < -0.4 is 0 Å². The van der Waals surface area contributed by atoms with Crippen molar-refractivity contribution in [2.45, 2.75) is 6.18 Å². The number of carbonyl (C=O) groups excluding carboxylic acids is 1. The summed E-state index contributed by atoms with van der Waals surface area (Å²) in [6, 6.07) is 12.3. The monoisotopic (exact) mass is 379 g/mol. The van der Waals surface area contributed by atoms with Crippen molar-refractivity contribution in [3.05, 3.63) is 90.1 Å². The van der Waals surface area contributed by atoms with Crippen LogP contribution in [0.25, 0.3) is 22.0 Å². The molecule has 2 aromatic carbocycles. The third-order valence-corrected chi connectivity index (χ3v) is 4.33. The van der Waals surface area contributed by atoms with E-state index in [2.05, 4.69) is 15.0 Å². The molecule has 0 radical (unpaired) electrons. The summed E-state index contributed by atoms with van der Waals surface area (Å²) in [6.45, 7) is 0. The number of nitrogens with zero attached hydrogens (tertiary/aromatic N) is 3. The van der Waals surface area contributed by atoms with E-state index in [1.165, 1.54) is 37.1 Å². The molecule has 4 rings (SSSR count). The highest BCUT2D eigenvalue weighted by Gasteiger charge is 2.34. The second-order valence-electron chi connectivity index (χ2n) is 6.07. The van der Waals surface area contributed by atoms with E-state index in [4.69, 9.17) is 0 Å². The van der Waals surface area contributed by atoms with Crippen molar-refractivity contribution < 1.29 is 18.0 Å². The van der Waals surface area contributed by atoms with Crippen LogP contribution in [0.15, 0.2) is 73.4 Å². The molecule has 2 aromatic heterocycles. The lowest BCUT2D eigenvalue weighted by molar-refractivity contribution is -0.136. The Morgan fingerprint density at radius 3 is 2.25 bits per heavy atom. The molecule has 0 aliphatic rings. The predicted octanol–water partition coefficient (Wildman–Crippen LogP) is 4.94. The van der Waals surface area contributed by atoms with E-state index in [-0.39, 0.29) is 22.2 Å². The van der Waals surface area contributed by atoms with Crippen LogP contribution in [0.2, 0.25) is 0 Å². The third-order valence-electron chi connectivity index (χ3n) is 4.33. The average molecular weight is 379 g/mol. The van der Waals surface area contributed by atoms with Crippen LogP contribution in [-0.4, -0.2) is 20.7 Å². The van der Waals surface area contributed by atoms with Gasteiger partial charge in [-0.15, -0.1) is 0 Å². The Balaban J connectivity index is 2.05. The second kappa shape index (κ2) is 6.84. The number of fused-ring (bicyclic) bond motifs is 1. The van der Waals surface area contributed by atoms with Crippen molar-refractivity contribution in [1.82, 2.24) is 15.0 Å². The first-order chi connectivity index (χ1) is 13.5. The second-order valence-corrected chi connectivity index (χ2v) is 6.07. The fraction of sp³-hybridized carbons (Fsp3) is 0.0476. The molecule has 0 spiro atoms. The molecule has 0 saturated heterocycles. The molecule has 0 saturated carbocycles. The lowest BCUT2D eigenvalue weighted by Gasteiger charge is -2.15. The van der Waals surface area contributed by atoms with Gasteiger partial charge >= 0.3 is 6.18 Å². The molecule has 0 N–H and O–H groups in total. The Morgan fingerprint density at radius 1 is 0.857 bits per heavy atom. The Morgan fingerprint density at radius 2 is 1.57 bits per heavy atom. The predicted molar refractivity (Wildman–Crippen MR) is 97.6 cm³/mol. The summed E-state index contributed by atoms with van der Waals surface area (Å²) >= 11 is 0. The van der Waals surface area contributed by atoms with Crippen LogP contribution in [0.5, 0.6) is 0 Å². The highest BCUT2D eigenvalue weighted by molar-refractivity contribution is 6.16. The molecule has 0 bridgehead atoms. The normalized spacial score (nSPS) is 11.5. The lowest BCUT2D eigenvalue weighted by atomic mass is 9.92. The van der Waals surface area contributed by atoms with E-state index in [0.717, 1.165) is 6.07 Å². The van der Waals surface area contributed by atoms with Gasteiger partial charge in [0.1, 0.15) is 6.33 Å². The lowest BCUT2D eigenvalue weighted by Crippen LogP contribution is -2.09. The summed E-state index contributed by atoms with van der Waals surface area (Å²) in [5, 5.41) is 0.214. The molecule has 0 amide bonds. The van der Waals surface area contributed by atoms with E-state index in [0.29, 0.717) is 16.7 Å². The summed E-state index contributed by atoms with van der Waals surface area (Å²) in [6.07, 6.45) is 0.859. The first kappa shape index (κ1) is 17.8. The van der Waals surface area contributed by atoms with Crippen LogP contribution in [0.1, 0.15) is 21.5 Å². The van der Waals surface area contributed by atoms with Crippen LogP contribution in [0.3, 0.4) is 0 Å². The Hall–Kier alpha value is -3.61. The summed E-state index contributed by atoms with van der Waals surface area (Å²) in [5.74, 6) is -0.341. The maximum absolute atomic E-state index is 13.4. The maximum Gasteiger partial charge on any atom is 0.418 e. The van der Waals surface area contributed by atoms with Gasteiger partial charge in [0.05, 0.1) is 11.1 Å². The first-order valence-electron chi connectivity index (χ1n) is 8.31. The molecule has 4 nitrogen and oxygen atoms in total. The van der Waals surface area contributed by atoms with Crippen molar-refractivity contribution >= 4 is 16.7 Å². The van der Waals surface area contributed by atoms with Crippen LogP contribution in [0.4, 0.5) is 13.2 Å². The number of carbonyl (C=O) groups is 1. The minimum absolute atomic E-state index is 0.188. The van der Waals surface area contributed by atoms with Crippen LogP contribution in [0, 0.1) is 0 Å². The standard InChI is InChI=1S/C21H12F3N3O/c22-21(23,24)17-8-4-7-15-18(14-9-25-12-26-10-14)16(11-27-19(15)17)20(28)13-5-2-1-3-6-13/h1-12H. The molecule has 0 fully saturated rings. The smallest absolute Gasteiger partial charge is 0.289 e. The molecule has 0 atom stereocenters. The summed E-state index contributed by atoms with van der Waals surface area (Å²) in [4.78, 5) is 25.0. The van der Waals surface area contributed by atoms with Gasteiger partial charge in [0.25, 0.3) is 0 Å². The zero-order valence-corrected chi connectivity index (χ0v) is 14.3. The van der Waals surface area contributed by atoms with Crippen LogP contribution >= 0.6 is 0 Å². The van der Waals surface area contributed by atoms with Crippen molar-refractivity contribution in [3.63, 3.8) is 0 Å². The molecule has 0 aliphatic heterocycles. The van der Waals surface area contributed by atoms with Crippen molar-refractivity contribution in [2.75, 3.05) is 0 Å². The van der Waals surface area contributed by atoms with Crippen molar-refractivity contribution in [3.8, 4) is 11.1 Å². The van der Waals surface area contributed by atoms with Crippen molar-refractivity contribution in [1.29, 1.82) is 0 Å². The first-order valence-corrected chi connectivity index (χ1v) is 8.31. The molecule has 138 valence electrons. The Bertz CT molecular complexity index is 1160. The minimum Gasteiger partial charge on any atom is -0.289 e. The molecule has 2 heterocycles. The van der Waals surface area contributed by atoms with Crippen LogP contribution in [-0.2, 0) is 6.18 Å². The van der Waals surface area contributed by atoms with E-state index in [1.54, 1.807) is 30.3 Å². The molecule has 4 aromatic rings. The van der Waals surface area contributed by atoms with Crippen molar-refractivity contribution in [2.24, 2.45) is 0 Å². The summed E-state index contributed by atoms with van der Waals surface area (Å²) < 4.78 is 40.3. The van der Waals surface area contributed by atoms with Gasteiger partial charge in [-0.3, -0.25) is 9.78 Å². The number of hydrogen-bond donors (Lipinski definition) is 0. The highest BCUT2D eigenvalue weighted by atomic mass is 19.4. The van der Waals surface area contributed by atoms with Gasteiger partial charge in [0.15, 0.2) is 5.78 Å². The maximum atomic E-state index is 13.4. The quantitative estimate of drug-likeness (QED) is 0.473. The largest absolute Gasteiger partial charge is 0.418 e. The van der Waals surface area contributed by atoms with Gasteiger partial charge < -0.3 is 0 Å². The number of halogens is 3. The molecular formula is C21H12F3N3O. The van der Waals surface area contributed by atoms with Gasteiger partial charge in [0.2, 0.25) is 0 Å². The highest BCUT2D eigenvalue weighted by Crippen LogP contribution is 2.38. The fourth-order valence-corrected chi connectivity index (χ4v) is 3.11. The zero-order valence-electron chi connectivity index (χ0n) is 14.3. The Kier molecular flexibility index (Phi) is 4.35. The number of ketones is 1. The number of hydrogen-bond acceptors (Lipinski definition) is 4. The SMILES string of the molecule is O=C(c1ccccc1)c1cnc2c(C(F)(F)F)cccc2c1-c1cncnc1. The van der Waals surface area contributed by atoms with E-state index in [9.17, 15) is 18.0 Å². The zero-order chi connectivity index (χ0) is 19.7. The molecule has 0 unspecified atom stereocenters. The molecule has 7 heteroatoms. The Labute approximate surface area is 157 Å². The fourth-order valence-electron chi connectivity index (χ4n) is 3.11. The van der Waals surface area contributed by atoms with Gasteiger partial charge in [-0.2, -0.15) is 13.2 Å². The summed E-state index contributed by atoms with van der Waals surface area (Å²) in [5.41, 5.74) is 0.279. The van der Waals surface area contributed by atoms with Gasteiger partial charge in [0, 0.05) is 46.2 Å². The van der Waals surface area contributed by atoms with E-state index < -0.39 is 11.7 Å². The number of benzene rings is 2. The molecular weight excluding hydrogens is 367 g/mol. The van der Waals surface area contributed by atoms with Gasteiger partial charge in [-0.05, 0) is 6.07 Å². The number of para-hydroxylation sites is 1. The number of alkyl halides is 3. The minimum atomic E-state index is -4.57.